The largest absolute Gasteiger partial charge is 0.325 e. The van der Waals surface area contributed by atoms with Crippen LogP contribution in [0.5, 0.6) is 0 Å². The second kappa shape index (κ2) is 6.15. The molecule has 1 heterocycles. The number of rotatable bonds is 3. The summed E-state index contributed by atoms with van der Waals surface area (Å²) in [7, 11) is 0. The average Bonchev–Trinajstić information content (AvgIpc) is 2.38. The lowest BCUT2D eigenvalue weighted by Crippen LogP contribution is -3.17. The van der Waals surface area contributed by atoms with Crippen molar-refractivity contribution in [3.8, 4) is 0 Å². The van der Waals surface area contributed by atoms with Gasteiger partial charge in [0.1, 0.15) is 5.82 Å². The number of hydrogen-bond donors (Lipinski definition) is 2. The molecule has 1 fully saturated rings. The summed E-state index contributed by atoms with van der Waals surface area (Å²) < 4.78 is 13.1. The second-order valence-corrected chi connectivity index (χ2v) is 5.58. The fourth-order valence-electron chi connectivity index (χ4n) is 2.72. The maximum atomic E-state index is 13.1. The number of hydrogen-bond acceptors (Lipinski definition) is 1. The Balaban J connectivity index is 1.95. The van der Waals surface area contributed by atoms with E-state index < -0.39 is 0 Å². The number of carbonyl (C=O) groups is 1. The third-order valence-electron chi connectivity index (χ3n) is 3.90. The van der Waals surface area contributed by atoms with Crippen LogP contribution < -0.4 is 10.2 Å². The van der Waals surface area contributed by atoms with Crippen molar-refractivity contribution in [1.29, 1.82) is 0 Å². The van der Waals surface area contributed by atoms with E-state index in [1.807, 2.05) is 6.92 Å². The molecule has 0 radical (unpaired) electrons. The van der Waals surface area contributed by atoms with Crippen molar-refractivity contribution in [2.45, 2.75) is 32.7 Å². The molecule has 3 atom stereocenters. The van der Waals surface area contributed by atoms with E-state index in [0.29, 0.717) is 11.6 Å². The van der Waals surface area contributed by atoms with Gasteiger partial charge in [-0.15, -0.1) is 0 Å². The quantitative estimate of drug-likeness (QED) is 0.852. The summed E-state index contributed by atoms with van der Waals surface area (Å²) in [5.41, 5.74) is 0.529. The normalized spacial score (nSPS) is 24.8. The van der Waals surface area contributed by atoms with Crippen molar-refractivity contribution in [2.24, 2.45) is 5.92 Å². The summed E-state index contributed by atoms with van der Waals surface area (Å²) in [6.45, 7) is 6.26. The first-order chi connectivity index (χ1) is 9.06. The predicted octanol–water partition coefficient (Wildman–Crippen LogP) is 1.47. The summed E-state index contributed by atoms with van der Waals surface area (Å²) in [6.07, 6.45) is 2.43. The van der Waals surface area contributed by atoms with E-state index in [1.54, 1.807) is 12.1 Å². The van der Waals surface area contributed by atoms with Crippen LogP contribution in [0.15, 0.2) is 24.3 Å². The highest BCUT2D eigenvalue weighted by Gasteiger charge is 2.29. The van der Waals surface area contributed by atoms with E-state index in [-0.39, 0.29) is 17.8 Å². The molecule has 3 nitrogen and oxygen atoms in total. The zero-order valence-electron chi connectivity index (χ0n) is 11.6. The minimum atomic E-state index is -0.329. The molecule has 0 saturated carbocycles. The number of amides is 1. The van der Waals surface area contributed by atoms with Gasteiger partial charge in [0.05, 0.1) is 13.1 Å². The Hall–Kier alpha value is -1.42. The lowest BCUT2D eigenvalue weighted by Gasteiger charge is -2.31. The molecule has 1 aliphatic rings. The Kier molecular flexibility index (Phi) is 4.53. The fourth-order valence-corrected chi connectivity index (χ4v) is 2.72. The van der Waals surface area contributed by atoms with E-state index in [4.69, 9.17) is 0 Å². The third-order valence-corrected chi connectivity index (χ3v) is 3.90. The predicted molar refractivity (Wildman–Crippen MR) is 73.6 cm³/mol. The maximum Gasteiger partial charge on any atom is 0.282 e. The third kappa shape index (κ3) is 3.77. The lowest BCUT2D eigenvalue weighted by atomic mass is 9.99. The number of nitrogens with one attached hydrogen (secondary N) is 2. The standard InChI is InChI=1S/C15H21FN2O/c1-11-5-4-8-18(10-11)12(2)15(19)17-14-7-3-6-13(16)9-14/h3,6-7,9,11-12H,4-5,8,10H2,1-2H3,(H,17,19)/p+1/t11-,12+/m1/s1. The van der Waals surface area contributed by atoms with E-state index in [2.05, 4.69) is 12.2 Å². The highest BCUT2D eigenvalue weighted by molar-refractivity contribution is 5.93. The van der Waals surface area contributed by atoms with Gasteiger partial charge in [-0.1, -0.05) is 13.0 Å². The van der Waals surface area contributed by atoms with Gasteiger partial charge in [0.25, 0.3) is 5.91 Å². The number of benzene rings is 1. The second-order valence-electron chi connectivity index (χ2n) is 5.58. The van der Waals surface area contributed by atoms with E-state index in [0.717, 1.165) is 13.1 Å². The fraction of sp³-hybridized carbons (Fsp3) is 0.533. The van der Waals surface area contributed by atoms with Crippen molar-refractivity contribution in [2.75, 3.05) is 18.4 Å². The SMILES string of the molecule is C[C@@H]1CCC[NH+]([C@@H](C)C(=O)Nc2cccc(F)c2)C1. The monoisotopic (exact) mass is 265 g/mol. The number of anilines is 1. The molecule has 0 spiro atoms. The molecular weight excluding hydrogens is 243 g/mol. The Labute approximate surface area is 113 Å². The van der Waals surface area contributed by atoms with Gasteiger partial charge < -0.3 is 10.2 Å². The number of carbonyl (C=O) groups excluding carboxylic acids is 1. The lowest BCUT2D eigenvalue weighted by molar-refractivity contribution is -0.922. The number of halogens is 1. The van der Waals surface area contributed by atoms with Gasteiger partial charge in [-0.25, -0.2) is 4.39 Å². The minimum Gasteiger partial charge on any atom is -0.325 e. The maximum absolute atomic E-state index is 13.1. The highest BCUT2D eigenvalue weighted by atomic mass is 19.1. The van der Waals surface area contributed by atoms with Crippen molar-refractivity contribution in [1.82, 2.24) is 0 Å². The van der Waals surface area contributed by atoms with Crippen LogP contribution in [-0.2, 0) is 4.79 Å². The van der Waals surface area contributed by atoms with Crippen LogP contribution in [0.3, 0.4) is 0 Å². The van der Waals surface area contributed by atoms with Gasteiger partial charge >= 0.3 is 0 Å². The van der Waals surface area contributed by atoms with E-state index in [9.17, 15) is 9.18 Å². The first-order valence-electron chi connectivity index (χ1n) is 6.97. The van der Waals surface area contributed by atoms with Crippen LogP contribution in [-0.4, -0.2) is 25.0 Å². The highest BCUT2D eigenvalue weighted by Crippen LogP contribution is 2.10. The molecule has 2 rings (SSSR count). The Morgan fingerprint density at radius 2 is 2.32 bits per heavy atom. The molecule has 19 heavy (non-hydrogen) atoms. The molecular formula is C15H22FN2O+. The molecule has 1 aromatic carbocycles. The molecule has 4 heteroatoms. The summed E-state index contributed by atoms with van der Waals surface area (Å²) in [4.78, 5) is 13.5. The molecule has 1 unspecified atom stereocenters. The Morgan fingerprint density at radius 3 is 3.00 bits per heavy atom. The molecule has 1 aliphatic heterocycles. The van der Waals surface area contributed by atoms with Crippen molar-refractivity contribution in [3.05, 3.63) is 30.1 Å². The van der Waals surface area contributed by atoms with Crippen LogP contribution in [0, 0.1) is 11.7 Å². The zero-order chi connectivity index (χ0) is 13.8. The molecule has 0 aliphatic carbocycles. The molecule has 0 aromatic heterocycles. The summed E-state index contributed by atoms with van der Waals surface area (Å²) in [5.74, 6) is 0.312. The summed E-state index contributed by atoms with van der Waals surface area (Å²) >= 11 is 0. The Bertz CT molecular complexity index is 450. The van der Waals surface area contributed by atoms with Crippen molar-refractivity contribution < 1.29 is 14.1 Å². The van der Waals surface area contributed by atoms with Crippen molar-refractivity contribution >= 4 is 11.6 Å². The van der Waals surface area contributed by atoms with E-state index >= 15 is 0 Å². The summed E-state index contributed by atoms with van der Waals surface area (Å²) in [5, 5.41) is 2.79. The topological polar surface area (TPSA) is 33.5 Å². The van der Waals surface area contributed by atoms with Gasteiger partial charge in [-0.2, -0.15) is 0 Å². The smallest absolute Gasteiger partial charge is 0.282 e. The van der Waals surface area contributed by atoms with Gasteiger partial charge in [0.15, 0.2) is 6.04 Å². The van der Waals surface area contributed by atoms with Crippen LogP contribution in [0.25, 0.3) is 0 Å². The first-order valence-corrected chi connectivity index (χ1v) is 6.97. The molecule has 1 amide bonds. The minimum absolute atomic E-state index is 0.0327. The van der Waals surface area contributed by atoms with Crippen LogP contribution in [0.1, 0.15) is 26.7 Å². The zero-order valence-corrected chi connectivity index (χ0v) is 11.6. The molecule has 2 N–H and O–H groups in total. The van der Waals surface area contributed by atoms with Crippen LogP contribution in [0.2, 0.25) is 0 Å². The van der Waals surface area contributed by atoms with Crippen molar-refractivity contribution in [3.63, 3.8) is 0 Å². The average molecular weight is 265 g/mol. The van der Waals surface area contributed by atoms with Crippen LogP contribution >= 0.6 is 0 Å². The molecule has 0 bridgehead atoms. The van der Waals surface area contributed by atoms with E-state index in [1.165, 1.54) is 29.9 Å². The Morgan fingerprint density at radius 1 is 1.53 bits per heavy atom. The first kappa shape index (κ1) is 14.0. The molecule has 1 aromatic rings. The van der Waals surface area contributed by atoms with Gasteiger partial charge in [0.2, 0.25) is 0 Å². The van der Waals surface area contributed by atoms with Crippen LogP contribution in [0.4, 0.5) is 10.1 Å². The number of piperidine rings is 1. The molecule has 1 saturated heterocycles. The van der Waals surface area contributed by atoms with Gasteiger partial charge in [0, 0.05) is 11.6 Å². The number of likely N-dealkylation sites (tertiary alicyclic amines) is 1. The summed E-state index contributed by atoms with van der Waals surface area (Å²) in [6, 6.07) is 5.94. The van der Waals surface area contributed by atoms with Gasteiger partial charge in [-0.3, -0.25) is 4.79 Å². The van der Waals surface area contributed by atoms with Gasteiger partial charge in [-0.05, 0) is 38.0 Å². The molecule has 104 valence electrons. The number of quaternary nitrogens is 1.